The molecule has 20 heavy (non-hydrogen) atoms. The minimum absolute atomic E-state index is 0.482. The Bertz CT molecular complexity index is 515. The molecule has 5 nitrogen and oxygen atoms in total. The molecular weight excluding hydrogens is 274 g/mol. The van der Waals surface area contributed by atoms with E-state index in [0.29, 0.717) is 17.7 Å². The van der Waals surface area contributed by atoms with E-state index >= 15 is 0 Å². The lowest BCUT2D eigenvalue weighted by molar-refractivity contribution is 0.373. The fraction of sp³-hybridized carbons (Fsp3) is 0.286. The molecule has 0 unspecified atom stereocenters. The monoisotopic (exact) mass is 291 g/mol. The third kappa shape index (κ3) is 4.31. The van der Waals surface area contributed by atoms with Crippen LogP contribution >= 0.6 is 11.8 Å². The second kappa shape index (κ2) is 7.59. The molecule has 0 fully saturated rings. The molecule has 0 spiro atoms. The SMILES string of the molecule is COc1cc(OC)nc(NCCSc2ccccc2)n1. The molecule has 1 N–H and O–H groups in total. The largest absolute Gasteiger partial charge is 0.481 e. The predicted molar refractivity (Wildman–Crippen MR) is 80.8 cm³/mol. The molecule has 0 aliphatic heterocycles. The van der Waals surface area contributed by atoms with Gasteiger partial charge in [-0.2, -0.15) is 9.97 Å². The third-order valence-electron chi connectivity index (χ3n) is 2.49. The zero-order valence-corrected chi connectivity index (χ0v) is 12.3. The Hall–Kier alpha value is -1.95. The average molecular weight is 291 g/mol. The highest BCUT2D eigenvalue weighted by molar-refractivity contribution is 7.99. The fourth-order valence-electron chi connectivity index (χ4n) is 1.54. The fourth-order valence-corrected chi connectivity index (χ4v) is 2.33. The number of ether oxygens (including phenoxy) is 2. The van der Waals surface area contributed by atoms with Crippen LogP contribution in [0.15, 0.2) is 41.3 Å². The molecule has 0 saturated heterocycles. The van der Waals surface area contributed by atoms with Crippen molar-refractivity contribution in [2.24, 2.45) is 0 Å². The van der Waals surface area contributed by atoms with Gasteiger partial charge in [-0.25, -0.2) is 0 Å². The zero-order valence-electron chi connectivity index (χ0n) is 11.5. The second-order valence-corrected chi connectivity index (χ2v) is 5.03. The average Bonchev–Trinajstić information content (AvgIpc) is 2.52. The van der Waals surface area contributed by atoms with E-state index in [4.69, 9.17) is 9.47 Å². The second-order valence-electron chi connectivity index (χ2n) is 3.86. The molecule has 0 aliphatic rings. The molecule has 0 radical (unpaired) electrons. The van der Waals surface area contributed by atoms with Gasteiger partial charge in [-0.05, 0) is 12.1 Å². The van der Waals surface area contributed by atoms with E-state index < -0.39 is 0 Å². The van der Waals surface area contributed by atoms with Crippen molar-refractivity contribution in [1.82, 2.24) is 9.97 Å². The maximum Gasteiger partial charge on any atom is 0.229 e. The number of anilines is 1. The Morgan fingerprint density at radius 3 is 2.30 bits per heavy atom. The summed E-state index contributed by atoms with van der Waals surface area (Å²) in [4.78, 5) is 9.67. The maximum absolute atomic E-state index is 5.10. The number of aromatic nitrogens is 2. The van der Waals surface area contributed by atoms with Crippen LogP contribution in [-0.4, -0.2) is 36.5 Å². The molecule has 1 aromatic heterocycles. The summed E-state index contributed by atoms with van der Waals surface area (Å²) >= 11 is 1.78. The Kier molecular flexibility index (Phi) is 5.49. The van der Waals surface area contributed by atoms with Crippen molar-refractivity contribution >= 4 is 17.7 Å². The number of nitrogens with zero attached hydrogens (tertiary/aromatic N) is 2. The molecule has 0 amide bonds. The summed E-state index contributed by atoms with van der Waals surface area (Å²) in [5.41, 5.74) is 0. The Morgan fingerprint density at radius 2 is 1.70 bits per heavy atom. The smallest absolute Gasteiger partial charge is 0.229 e. The molecule has 0 atom stereocenters. The summed E-state index contributed by atoms with van der Waals surface area (Å²) in [6, 6.07) is 11.9. The molecule has 0 saturated carbocycles. The predicted octanol–water partition coefficient (Wildman–Crippen LogP) is 2.70. The van der Waals surface area contributed by atoms with Crippen LogP contribution in [0.3, 0.4) is 0 Å². The van der Waals surface area contributed by atoms with Gasteiger partial charge in [0.15, 0.2) is 0 Å². The molecule has 106 valence electrons. The lowest BCUT2D eigenvalue weighted by Gasteiger charge is -2.08. The maximum atomic E-state index is 5.10. The molecule has 2 aromatic rings. The first-order valence-corrected chi connectivity index (χ1v) is 7.19. The van der Waals surface area contributed by atoms with E-state index in [2.05, 4.69) is 27.4 Å². The number of thioether (sulfide) groups is 1. The van der Waals surface area contributed by atoms with Crippen molar-refractivity contribution in [3.8, 4) is 11.8 Å². The van der Waals surface area contributed by atoms with Crippen LogP contribution in [0, 0.1) is 0 Å². The van der Waals surface area contributed by atoms with Crippen molar-refractivity contribution in [2.45, 2.75) is 4.90 Å². The number of hydrogen-bond acceptors (Lipinski definition) is 6. The lowest BCUT2D eigenvalue weighted by atomic mass is 10.4. The summed E-state index contributed by atoms with van der Waals surface area (Å²) in [5, 5.41) is 3.16. The molecule has 1 heterocycles. The first-order chi connectivity index (χ1) is 9.81. The highest BCUT2D eigenvalue weighted by Crippen LogP contribution is 2.18. The molecule has 0 aliphatic carbocycles. The van der Waals surface area contributed by atoms with Gasteiger partial charge in [0.1, 0.15) is 0 Å². The molecule has 2 rings (SSSR count). The Morgan fingerprint density at radius 1 is 1.05 bits per heavy atom. The Labute approximate surface area is 122 Å². The highest BCUT2D eigenvalue weighted by atomic mass is 32.2. The summed E-state index contributed by atoms with van der Waals surface area (Å²) in [6.45, 7) is 0.760. The Balaban J connectivity index is 1.84. The van der Waals surface area contributed by atoms with Gasteiger partial charge in [0, 0.05) is 17.2 Å². The normalized spacial score (nSPS) is 10.1. The van der Waals surface area contributed by atoms with E-state index in [1.165, 1.54) is 4.90 Å². The van der Waals surface area contributed by atoms with Gasteiger partial charge >= 0.3 is 0 Å². The summed E-state index contributed by atoms with van der Waals surface area (Å²) in [7, 11) is 3.13. The van der Waals surface area contributed by atoms with Crippen LogP contribution in [0.4, 0.5) is 5.95 Å². The number of methoxy groups -OCH3 is 2. The minimum Gasteiger partial charge on any atom is -0.481 e. The quantitative estimate of drug-likeness (QED) is 0.625. The van der Waals surface area contributed by atoms with Crippen molar-refractivity contribution in [3.63, 3.8) is 0 Å². The first-order valence-electron chi connectivity index (χ1n) is 6.20. The van der Waals surface area contributed by atoms with Crippen molar-refractivity contribution in [3.05, 3.63) is 36.4 Å². The third-order valence-corrected chi connectivity index (χ3v) is 3.51. The van der Waals surface area contributed by atoms with Gasteiger partial charge in [-0.15, -0.1) is 11.8 Å². The first kappa shape index (κ1) is 14.5. The number of benzene rings is 1. The van der Waals surface area contributed by atoms with Crippen molar-refractivity contribution in [1.29, 1.82) is 0 Å². The van der Waals surface area contributed by atoms with Crippen molar-refractivity contribution in [2.75, 3.05) is 31.8 Å². The molecule has 6 heteroatoms. The van der Waals surface area contributed by atoms with Crippen molar-refractivity contribution < 1.29 is 9.47 Å². The topological polar surface area (TPSA) is 56.3 Å². The number of rotatable bonds is 7. The zero-order chi connectivity index (χ0) is 14.2. The minimum atomic E-state index is 0.482. The van der Waals surface area contributed by atoms with Crippen LogP contribution in [0.5, 0.6) is 11.8 Å². The summed E-state index contributed by atoms with van der Waals surface area (Å²) < 4.78 is 10.2. The molecule has 0 bridgehead atoms. The van der Waals surface area contributed by atoms with Gasteiger partial charge in [-0.3, -0.25) is 0 Å². The summed E-state index contributed by atoms with van der Waals surface area (Å²) in [5.74, 6) is 2.40. The molecule has 1 aromatic carbocycles. The van der Waals surface area contributed by atoms with Gasteiger partial charge in [0.2, 0.25) is 17.7 Å². The molecular formula is C14H17N3O2S. The number of hydrogen-bond donors (Lipinski definition) is 1. The standard InChI is InChI=1S/C14H17N3O2S/c1-18-12-10-13(19-2)17-14(16-12)15-8-9-20-11-6-4-3-5-7-11/h3-7,10H,8-9H2,1-2H3,(H,15,16,17). The van der Waals surface area contributed by atoms with Gasteiger partial charge < -0.3 is 14.8 Å². The van der Waals surface area contributed by atoms with E-state index in [-0.39, 0.29) is 0 Å². The van der Waals surface area contributed by atoms with Gasteiger partial charge in [-0.1, -0.05) is 18.2 Å². The van der Waals surface area contributed by atoms with E-state index in [0.717, 1.165) is 12.3 Å². The van der Waals surface area contributed by atoms with Crippen LogP contribution in [0.25, 0.3) is 0 Å². The van der Waals surface area contributed by atoms with Gasteiger partial charge in [0.05, 0.1) is 20.3 Å². The van der Waals surface area contributed by atoms with E-state index in [9.17, 15) is 0 Å². The lowest BCUT2D eigenvalue weighted by Crippen LogP contribution is -2.08. The van der Waals surface area contributed by atoms with Crippen LogP contribution in [-0.2, 0) is 0 Å². The van der Waals surface area contributed by atoms with Crippen LogP contribution < -0.4 is 14.8 Å². The van der Waals surface area contributed by atoms with Crippen LogP contribution in [0.1, 0.15) is 0 Å². The number of nitrogens with one attached hydrogen (secondary N) is 1. The van der Waals surface area contributed by atoms with Crippen LogP contribution in [0.2, 0.25) is 0 Å². The van der Waals surface area contributed by atoms with E-state index in [1.807, 2.05) is 18.2 Å². The highest BCUT2D eigenvalue weighted by Gasteiger charge is 2.04. The van der Waals surface area contributed by atoms with E-state index in [1.54, 1.807) is 32.0 Å². The van der Waals surface area contributed by atoms with Gasteiger partial charge in [0.25, 0.3) is 0 Å². The summed E-state index contributed by atoms with van der Waals surface area (Å²) in [6.07, 6.45) is 0.